The first-order valence-corrected chi connectivity index (χ1v) is 4.66. The minimum absolute atomic E-state index is 0.0246. The Labute approximate surface area is 83.7 Å². The number of furan rings is 1. The molecule has 0 aliphatic heterocycles. The van der Waals surface area contributed by atoms with Crippen molar-refractivity contribution in [3.8, 4) is 0 Å². The Balaban J connectivity index is 2.49. The van der Waals surface area contributed by atoms with Crippen molar-refractivity contribution in [2.45, 2.75) is 25.9 Å². The lowest BCUT2D eigenvalue weighted by Gasteiger charge is -2.16. The highest BCUT2D eigenvalue weighted by Crippen LogP contribution is 2.12. The lowest BCUT2D eigenvalue weighted by Crippen LogP contribution is -2.41. The van der Waals surface area contributed by atoms with E-state index in [2.05, 4.69) is 10.6 Å². The summed E-state index contributed by atoms with van der Waals surface area (Å²) in [7, 11) is 1.62. The Morgan fingerprint density at radius 3 is 2.71 bits per heavy atom. The minimum Gasteiger partial charge on any atom is -0.468 e. The average molecular weight is 196 g/mol. The molecule has 4 nitrogen and oxygen atoms in total. The molecular formula is C10H16N2O2. The van der Waals surface area contributed by atoms with Crippen molar-refractivity contribution in [2.75, 3.05) is 7.05 Å². The van der Waals surface area contributed by atoms with E-state index in [0.717, 1.165) is 5.76 Å². The van der Waals surface area contributed by atoms with E-state index < -0.39 is 0 Å². The maximum atomic E-state index is 11.2. The number of hydrogen-bond acceptors (Lipinski definition) is 3. The number of amides is 1. The van der Waals surface area contributed by atoms with Gasteiger partial charge in [0.1, 0.15) is 5.76 Å². The smallest absolute Gasteiger partial charge is 0.236 e. The van der Waals surface area contributed by atoms with Gasteiger partial charge in [0.15, 0.2) is 0 Å². The lowest BCUT2D eigenvalue weighted by atomic mass is 10.2. The molecule has 1 rings (SSSR count). The molecule has 1 amide bonds. The minimum atomic E-state index is -0.222. The monoisotopic (exact) mass is 196 g/mol. The van der Waals surface area contributed by atoms with E-state index in [-0.39, 0.29) is 18.0 Å². The summed E-state index contributed by atoms with van der Waals surface area (Å²) in [6.07, 6.45) is 1.62. The number of rotatable bonds is 4. The summed E-state index contributed by atoms with van der Waals surface area (Å²) < 4.78 is 5.22. The Bertz CT molecular complexity index is 282. The van der Waals surface area contributed by atoms with Crippen molar-refractivity contribution in [3.05, 3.63) is 24.2 Å². The van der Waals surface area contributed by atoms with E-state index >= 15 is 0 Å². The van der Waals surface area contributed by atoms with Crippen LogP contribution in [0.2, 0.25) is 0 Å². The quantitative estimate of drug-likeness (QED) is 0.757. The summed E-state index contributed by atoms with van der Waals surface area (Å²) in [6, 6.07) is 3.53. The highest BCUT2D eigenvalue weighted by atomic mass is 16.3. The molecule has 0 radical (unpaired) electrons. The van der Waals surface area contributed by atoms with Crippen LogP contribution in [0.3, 0.4) is 0 Å². The molecule has 0 aromatic carbocycles. The third-order valence-corrected chi connectivity index (χ3v) is 2.11. The number of carbonyl (C=O) groups is 1. The van der Waals surface area contributed by atoms with Crippen molar-refractivity contribution in [3.63, 3.8) is 0 Å². The summed E-state index contributed by atoms with van der Waals surface area (Å²) in [6.45, 7) is 3.77. The molecule has 0 saturated carbocycles. The summed E-state index contributed by atoms with van der Waals surface area (Å²) in [5, 5.41) is 5.71. The van der Waals surface area contributed by atoms with Gasteiger partial charge in [-0.05, 0) is 26.0 Å². The first-order valence-electron chi connectivity index (χ1n) is 4.66. The van der Waals surface area contributed by atoms with Gasteiger partial charge in [-0.2, -0.15) is 0 Å². The highest BCUT2D eigenvalue weighted by molar-refractivity contribution is 5.80. The van der Waals surface area contributed by atoms with Gasteiger partial charge >= 0.3 is 0 Å². The van der Waals surface area contributed by atoms with Crippen molar-refractivity contribution in [1.82, 2.24) is 10.6 Å². The van der Waals surface area contributed by atoms with Gasteiger partial charge in [-0.15, -0.1) is 0 Å². The van der Waals surface area contributed by atoms with Crippen LogP contribution in [-0.2, 0) is 4.79 Å². The lowest BCUT2D eigenvalue weighted by molar-refractivity contribution is -0.122. The van der Waals surface area contributed by atoms with Crippen LogP contribution in [-0.4, -0.2) is 19.0 Å². The fourth-order valence-electron chi connectivity index (χ4n) is 1.29. The van der Waals surface area contributed by atoms with E-state index in [1.807, 2.05) is 26.0 Å². The molecule has 0 spiro atoms. The van der Waals surface area contributed by atoms with E-state index in [1.165, 1.54) is 0 Å². The predicted octanol–water partition coefficient (Wildman–Crippen LogP) is 1.06. The van der Waals surface area contributed by atoms with Crippen LogP contribution < -0.4 is 10.6 Å². The molecule has 1 heterocycles. The molecule has 0 aliphatic carbocycles. The second-order valence-electron chi connectivity index (χ2n) is 3.24. The van der Waals surface area contributed by atoms with Gasteiger partial charge < -0.3 is 9.73 Å². The van der Waals surface area contributed by atoms with Crippen LogP contribution in [0.4, 0.5) is 0 Å². The molecular weight excluding hydrogens is 180 g/mol. The van der Waals surface area contributed by atoms with E-state index in [0.29, 0.717) is 0 Å². The summed E-state index contributed by atoms with van der Waals surface area (Å²) in [5.41, 5.74) is 0. The normalized spacial score (nSPS) is 14.8. The molecule has 14 heavy (non-hydrogen) atoms. The second-order valence-corrected chi connectivity index (χ2v) is 3.24. The average Bonchev–Trinajstić information content (AvgIpc) is 2.69. The Morgan fingerprint density at radius 2 is 2.21 bits per heavy atom. The summed E-state index contributed by atoms with van der Waals surface area (Å²) in [5.74, 6) is 0.809. The summed E-state index contributed by atoms with van der Waals surface area (Å²) >= 11 is 0. The first kappa shape index (κ1) is 10.8. The van der Waals surface area contributed by atoms with Gasteiger partial charge in [0, 0.05) is 7.05 Å². The van der Waals surface area contributed by atoms with Gasteiger partial charge in [-0.25, -0.2) is 0 Å². The maximum absolute atomic E-state index is 11.2. The van der Waals surface area contributed by atoms with Crippen molar-refractivity contribution >= 4 is 5.91 Å². The van der Waals surface area contributed by atoms with Crippen LogP contribution in [0.1, 0.15) is 25.6 Å². The van der Waals surface area contributed by atoms with Crippen LogP contribution in [0, 0.1) is 0 Å². The summed E-state index contributed by atoms with van der Waals surface area (Å²) in [4.78, 5) is 11.2. The zero-order chi connectivity index (χ0) is 10.6. The predicted molar refractivity (Wildman–Crippen MR) is 53.8 cm³/mol. The van der Waals surface area contributed by atoms with Gasteiger partial charge in [0.2, 0.25) is 5.91 Å². The number of carbonyl (C=O) groups excluding carboxylic acids is 1. The van der Waals surface area contributed by atoms with Crippen molar-refractivity contribution < 1.29 is 9.21 Å². The molecule has 2 N–H and O–H groups in total. The third-order valence-electron chi connectivity index (χ3n) is 2.11. The fraction of sp³-hybridized carbons (Fsp3) is 0.500. The number of hydrogen-bond donors (Lipinski definition) is 2. The Hall–Kier alpha value is -1.29. The van der Waals surface area contributed by atoms with E-state index in [4.69, 9.17) is 4.42 Å². The Morgan fingerprint density at radius 1 is 1.50 bits per heavy atom. The molecule has 78 valence electrons. The SMILES string of the molecule is CNC(=O)C(C)N[C@H](C)c1ccco1. The van der Waals surface area contributed by atoms with Crippen LogP contribution >= 0.6 is 0 Å². The maximum Gasteiger partial charge on any atom is 0.236 e. The molecule has 2 atom stereocenters. The zero-order valence-electron chi connectivity index (χ0n) is 8.70. The molecule has 1 aromatic rings. The molecule has 4 heteroatoms. The zero-order valence-corrected chi connectivity index (χ0v) is 8.70. The van der Waals surface area contributed by atoms with E-state index in [1.54, 1.807) is 13.3 Å². The Kier molecular flexibility index (Phi) is 3.71. The van der Waals surface area contributed by atoms with Gasteiger partial charge in [-0.3, -0.25) is 10.1 Å². The van der Waals surface area contributed by atoms with Gasteiger partial charge in [-0.1, -0.05) is 0 Å². The molecule has 0 fully saturated rings. The van der Waals surface area contributed by atoms with Gasteiger partial charge in [0.25, 0.3) is 0 Å². The number of likely N-dealkylation sites (N-methyl/N-ethyl adjacent to an activating group) is 1. The van der Waals surface area contributed by atoms with E-state index in [9.17, 15) is 4.79 Å². The molecule has 0 saturated heterocycles. The van der Waals surface area contributed by atoms with Crippen LogP contribution in [0.25, 0.3) is 0 Å². The molecule has 1 unspecified atom stereocenters. The first-order chi connectivity index (χ1) is 6.65. The molecule has 0 aliphatic rings. The standard InChI is InChI=1S/C10H16N2O2/c1-7(9-5-4-6-14-9)12-8(2)10(13)11-3/h4-8,12H,1-3H3,(H,11,13)/t7-,8?/m1/s1. The van der Waals surface area contributed by atoms with Crippen molar-refractivity contribution in [2.24, 2.45) is 0 Å². The topological polar surface area (TPSA) is 54.3 Å². The fourth-order valence-corrected chi connectivity index (χ4v) is 1.29. The highest BCUT2D eigenvalue weighted by Gasteiger charge is 2.15. The second kappa shape index (κ2) is 4.81. The van der Waals surface area contributed by atoms with Gasteiger partial charge in [0.05, 0.1) is 18.3 Å². The largest absolute Gasteiger partial charge is 0.468 e. The van der Waals surface area contributed by atoms with Crippen LogP contribution in [0.5, 0.6) is 0 Å². The molecule has 0 bridgehead atoms. The number of nitrogens with one attached hydrogen (secondary N) is 2. The van der Waals surface area contributed by atoms with Crippen LogP contribution in [0.15, 0.2) is 22.8 Å². The third kappa shape index (κ3) is 2.60. The molecule has 1 aromatic heterocycles. The van der Waals surface area contributed by atoms with Crippen molar-refractivity contribution in [1.29, 1.82) is 0 Å².